The maximum absolute atomic E-state index is 4.94. The smallest absolute Gasteiger partial charge is 0.227 e. The van der Waals surface area contributed by atoms with Gasteiger partial charge in [0, 0.05) is 44.6 Å². The molecule has 1 saturated heterocycles. The van der Waals surface area contributed by atoms with Crippen molar-refractivity contribution in [2.45, 2.75) is 24.6 Å². The van der Waals surface area contributed by atoms with Crippen LogP contribution in [0.5, 0.6) is 0 Å². The third kappa shape index (κ3) is 5.14. The average Bonchev–Trinajstić information content (AvgIpc) is 3.11. The van der Waals surface area contributed by atoms with Crippen LogP contribution in [0, 0.1) is 13.8 Å². The molecule has 1 aliphatic rings. The Hall–Kier alpha value is -2.00. The van der Waals surface area contributed by atoms with Gasteiger partial charge in [0.15, 0.2) is 0 Å². The third-order valence-corrected chi connectivity index (χ3v) is 7.05. The summed E-state index contributed by atoms with van der Waals surface area (Å²) >= 11 is 3.48. The standard InChI is InChI=1S/C21H26N6S2/c1-14-10-15(2)12-16(11-14)24-21-23-5-4-17(26-21)19-25-18(20(28-3)29-19)13-27-8-6-22-7-9-27/h4-5,10-12,22H,6-9,13H2,1-3H3,(H,23,24,26). The molecule has 0 atom stereocenters. The second kappa shape index (κ2) is 9.21. The summed E-state index contributed by atoms with van der Waals surface area (Å²) in [4.78, 5) is 16.5. The Balaban J connectivity index is 1.55. The Kier molecular flexibility index (Phi) is 6.44. The third-order valence-electron chi connectivity index (χ3n) is 4.78. The molecule has 0 saturated carbocycles. The number of aromatic nitrogens is 3. The van der Waals surface area contributed by atoms with E-state index in [9.17, 15) is 0 Å². The van der Waals surface area contributed by atoms with E-state index < -0.39 is 0 Å². The summed E-state index contributed by atoms with van der Waals surface area (Å²) in [5.41, 5.74) is 5.44. The average molecular weight is 427 g/mol. The van der Waals surface area contributed by atoms with Crippen LogP contribution in [0.25, 0.3) is 10.7 Å². The summed E-state index contributed by atoms with van der Waals surface area (Å²) < 4.78 is 1.26. The van der Waals surface area contributed by atoms with E-state index in [-0.39, 0.29) is 0 Å². The van der Waals surface area contributed by atoms with Gasteiger partial charge in [0.1, 0.15) is 10.7 Å². The summed E-state index contributed by atoms with van der Waals surface area (Å²) in [6.45, 7) is 9.31. The van der Waals surface area contributed by atoms with Crippen molar-refractivity contribution in [3.63, 3.8) is 0 Å². The van der Waals surface area contributed by atoms with Crippen LogP contribution in [0.1, 0.15) is 16.8 Å². The number of hydrogen-bond acceptors (Lipinski definition) is 8. The van der Waals surface area contributed by atoms with Crippen LogP contribution < -0.4 is 10.6 Å². The number of hydrogen-bond donors (Lipinski definition) is 2. The molecular formula is C21H26N6S2. The van der Waals surface area contributed by atoms with E-state index in [1.807, 2.05) is 6.07 Å². The molecule has 2 aromatic heterocycles. The molecule has 2 N–H and O–H groups in total. The highest BCUT2D eigenvalue weighted by Gasteiger charge is 2.18. The highest BCUT2D eigenvalue weighted by atomic mass is 32.2. The minimum atomic E-state index is 0.594. The molecule has 152 valence electrons. The first kappa shape index (κ1) is 20.3. The Labute approximate surface area is 180 Å². The first-order valence-electron chi connectivity index (χ1n) is 9.76. The van der Waals surface area contributed by atoms with E-state index in [1.165, 1.54) is 15.3 Å². The number of thioether (sulfide) groups is 1. The van der Waals surface area contributed by atoms with Crippen molar-refractivity contribution in [1.29, 1.82) is 0 Å². The maximum atomic E-state index is 4.94. The Bertz CT molecular complexity index is 961. The first-order chi connectivity index (χ1) is 14.1. The van der Waals surface area contributed by atoms with Crippen molar-refractivity contribution in [3.8, 4) is 10.7 Å². The summed E-state index contributed by atoms with van der Waals surface area (Å²) in [6, 6.07) is 8.29. The molecule has 3 heterocycles. The molecule has 4 rings (SSSR count). The zero-order valence-electron chi connectivity index (χ0n) is 17.0. The lowest BCUT2D eigenvalue weighted by molar-refractivity contribution is 0.230. The van der Waals surface area contributed by atoms with Crippen molar-refractivity contribution in [2.75, 3.05) is 37.8 Å². The van der Waals surface area contributed by atoms with Crippen LogP contribution in [0.4, 0.5) is 11.6 Å². The van der Waals surface area contributed by atoms with Crippen molar-refractivity contribution in [1.82, 2.24) is 25.2 Å². The van der Waals surface area contributed by atoms with Crippen LogP contribution in [-0.4, -0.2) is 52.3 Å². The molecule has 8 heteroatoms. The molecular weight excluding hydrogens is 400 g/mol. The minimum Gasteiger partial charge on any atom is -0.324 e. The number of anilines is 2. The van der Waals surface area contributed by atoms with E-state index in [1.54, 1.807) is 29.3 Å². The van der Waals surface area contributed by atoms with E-state index in [2.05, 4.69) is 58.8 Å². The van der Waals surface area contributed by atoms with Gasteiger partial charge in [0.2, 0.25) is 5.95 Å². The number of aryl methyl sites for hydroxylation is 2. The number of nitrogens with one attached hydrogen (secondary N) is 2. The van der Waals surface area contributed by atoms with Gasteiger partial charge in [-0.25, -0.2) is 15.0 Å². The lowest BCUT2D eigenvalue weighted by Crippen LogP contribution is -2.43. The highest BCUT2D eigenvalue weighted by molar-refractivity contribution is 8.00. The van der Waals surface area contributed by atoms with E-state index >= 15 is 0 Å². The number of nitrogens with zero attached hydrogens (tertiary/aromatic N) is 4. The summed E-state index contributed by atoms with van der Waals surface area (Å²) in [5, 5.41) is 7.69. The zero-order chi connectivity index (χ0) is 20.2. The summed E-state index contributed by atoms with van der Waals surface area (Å²) in [7, 11) is 0. The molecule has 6 nitrogen and oxygen atoms in total. The van der Waals surface area contributed by atoms with Gasteiger partial charge < -0.3 is 10.6 Å². The van der Waals surface area contributed by atoms with E-state index in [0.717, 1.165) is 54.8 Å². The van der Waals surface area contributed by atoms with E-state index in [0.29, 0.717) is 5.95 Å². The molecule has 1 aliphatic heterocycles. The Morgan fingerprint density at radius 3 is 2.62 bits per heavy atom. The topological polar surface area (TPSA) is 66.0 Å². The van der Waals surface area contributed by atoms with Crippen molar-refractivity contribution >= 4 is 34.7 Å². The van der Waals surface area contributed by atoms with Crippen molar-refractivity contribution in [2.24, 2.45) is 0 Å². The second-order valence-corrected chi connectivity index (χ2v) is 9.32. The van der Waals surface area contributed by atoms with Gasteiger partial charge in [-0.3, -0.25) is 4.90 Å². The molecule has 0 bridgehead atoms. The molecule has 0 radical (unpaired) electrons. The van der Waals surface area contributed by atoms with Crippen LogP contribution in [0.15, 0.2) is 34.7 Å². The minimum absolute atomic E-state index is 0.594. The van der Waals surface area contributed by atoms with Gasteiger partial charge in [-0.15, -0.1) is 23.1 Å². The number of piperazine rings is 1. The maximum Gasteiger partial charge on any atom is 0.227 e. The quantitative estimate of drug-likeness (QED) is 0.576. The Morgan fingerprint density at radius 1 is 1.14 bits per heavy atom. The van der Waals surface area contributed by atoms with Crippen molar-refractivity contribution in [3.05, 3.63) is 47.3 Å². The second-order valence-electron chi connectivity index (χ2n) is 7.25. The predicted molar refractivity (Wildman–Crippen MR) is 122 cm³/mol. The summed E-state index contributed by atoms with van der Waals surface area (Å²) in [5.74, 6) is 0.594. The first-order valence-corrected chi connectivity index (χ1v) is 11.8. The number of rotatable bonds is 6. The molecule has 1 aromatic carbocycles. The molecule has 0 amide bonds. The SMILES string of the molecule is CSc1sc(-c2ccnc(Nc3cc(C)cc(C)c3)n2)nc1CN1CCNCC1. The largest absolute Gasteiger partial charge is 0.324 e. The van der Waals surface area contributed by atoms with Gasteiger partial charge in [0.05, 0.1) is 9.90 Å². The monoisotopic (exact) mass is 426 g/mol. The molecule has 0 unspecified atom stereocenters. The van der Waals surface area contributed by atoms with Gasteiger partial charge in [0.25, 0.3) is 0 Å². The fraction of sp³-hybridized carbons (Fsp3) is 0.381. The summed E-state index contributed by atoms with van der Waals surface area (Å²) in [6.07, 6.45) is 3.91. The highest BCUT2D eigenvalue weighted by Crippen LogP contribution is 2.34. The number of benzene rings is 1. The fourth-order valence-corrected chi connectivity index (χ4v) is 5.20. The molecule has 3 aromatic rings. The van der Waals surface area contributed by atoms with Gasteiger partial charge in [-0.05, 0) is 49.4 Å². The Morgan fingerprint density at radius 2 is 1.90 bits per heavy atom. The lowest BCUT2D eigenvalue weighted by Gasteiger charge is -2.26. The van der Waals surface area contributed by atoms with Crippen LogP contribution in [-0.2, 0) is 6.54 Å². The van der Waals surface area contributed by atoms with Crippen molar-refractivity contribution < 1.29 is 0 Å². The molecule has 1 fully saturated rings. The van der Waals surface area contributed by atoms with Crippen LogP contribution in [0.2, 0.25) is 0 Å². The molecule has 29 heavy (non-hydrogen) atoms. The lowest BCUT2D eigenvalue weighted by atomic mass is 10.1. The van der Waals surface area contributed by atoms with Crippen LogP contribution >= 0.6 is 23.1 Å². The normalized spacial score (nSPS) is 14.9. The van der Waals surface area contributed by atoms with Gasteiger partial charge >= 0.3 is 0 Å². The fourth-order valence-electron chi connectivity index (χ4n) is 3.50. The van der Waals surface area contributed by atoms with E-state index in [4.69, 9.17) is 9.97 Å². The van der Waals surface area contributed by atoms with Gasteiger partial charge in [-0.2, -0.15) is 0 Å². The molecule has 0 aliphatic carbocycles. The predicted octanol–water partition coefficient (Wildman–Crippen LogP) is 4.09. The van der Waals surface area contributed by atoms with Crippen LogP contribution in [0.3, 0.4) is 0 Å². The number of thiazole rings is 1. The molecule has 0 spiro atoms. The van der Waals surface area contributed by atoms with Gasteiger partial charge in [-0.1, -0.05) is 6.07 Å². The zero-order valence-corrected chi connectivity index (χ0v) is 18.7.